The summed E-state index contributed by atoms with van der Waals surface area (Å²) >= 11 is 6.25. The van der Waals surface area contributed by atoms with Crippen molar-refractivity contribution in [2.24, 2.45) is 5.10 Å². The molecule has 16 heteroatoms. The maximum atomic E-state index is 13.8. The van der Waals surface area contributed by atoms with Crippen LogP contribution in [0.25, 0.3) is 11.1 Å². The maximum Gasteiger partial charge on any atom is 0.431 e. The Morgan fingerprint density at radius 3 is 2.14 bits per heavy atom. The van der Waals surface area contributed by atoms with Crippen LogP contribution in [0, 0.1) is 0 Å². The molecule has 0 saturated heterocycles. The summed E-state index contributed by atoms with van der Waals surface area (Å²) in [6.45, 7) is 5.29. The molecule has 0 fully saturated rings. The van der Waals surface area contributed by atoms with E-state index in [1.807, 2.05) is 0 Å². The number of hydrazone groups is 1. The third-order valence-corrected chi connectivity index (χ3v) is 9.80. The number of hydrogen-bond acceptors (Lipinski definition) is 7. The van der Waals surface area contributed by atoms with Gasteiger partial charge in [-0.25, -0.2) is 13.2 Å². The van der Waals surface area contributed by atoms with E-state index in [0.29, 0.717) is 11.1 Å². The molecular formula is C33H34ClF6N3O5S. The highest BCUT2D eigenvalue weighted by Crippen LogP contribution is 2.49. The minimum absolute atomic E-state index is 0.00573. The molecule has 0 bridgehead atoms. The van der Waals surface area contributed by atoms with Gasteiger partial charge in [0.05, 0.1) is 33.1 Å². The van der Waals surface area contributed by atoms with Crippen molar-refractivity contribution in [2.45, 2.75) is 68.1 Å². The number of ether oxygens (including phenoxy) is 1. The summed E-state index contributed by atoms with van der Waals surface area (Å²) in [6, 6.07) is 16.6. The number of benzene rings is 3. The highest BCUT2D eigenvalue weighted by molar-refractivity contribution is 7.91. The van der Waals surface area contributed by atoms with Crippen LogP contribution < -0.4 is 5.01 Å². The Balaban J connectivity index is 1.58. The molecule has 0 spiro atoms. The zero-order valence-corrected chi connectivity index (χ0v) is 28.4. The molecule has 4 rings (SSSR count). The molecule has 3 aromatic carbocycles. The molecule has 1 N–H and O–H groups in total. The predicted octanol–water partition coefficient (Wildman–Crippen LogP) is 8.20. The average Bonchev–Trinajstić information content (AvgIpc) is 3.44. The molecule has 3 aromatic rings. The minimum atomic E-state index is -6.12. The number of amides is 1. The van der Waals surface area contributed by atoms with Crippen molar-refractivity contribution < 1.29 is 49.4 Å². The topological polar surface area (TPSA) is 99.5 Å². The van der Waals surface area contributed by atoms with Crippen LogP contribution in [-0.4, -0.2) is 73.1 Å². The number of rotatable bonds is 9. The first kappa shape index (κ1) is 38.0. The summed E-state index contributed by atoms with van der Waals surface area (Å²) in [5.41, 5.74) is -6.18. The SMILES string of the molecule is CN(CCCS(=O)(=O)c1cccc(-c2ccc(C3CC(C(O)(C(F)(F)F)C(F)(F)F)=NN3c3ccccc3Cl)cc2)c1)C(=O)OC(C)(C)C. The number of aliphatic hydroxyl groups is 1. The minimum Gasteiger partial charge on any atom is -0.444 e. The summed E-state index contributed by atoms with van der Waals surface area (Å²) in [5, 5.41) is 14.7. The second-order valence-corrected chi connectivity index (χ2v) is 15.0. The van der Waals surface area contributed by atoms with Crippen molar-refractivity contribution in [1.29, 1.82) is 0 Å². The monoisotopic (exact) mass is 733 g/mol. The van der Waals surface area contributed by atoms with E-state index in [9.17, 15) is 44.7 Å². The zero-order valence-electron chi connectivity index (χ0n) is 26.8. The number of alkyl halides is 6. The Bertz CT molecular complexity index is 1790. The van der Waals surface area contributed by atoms with E-state index in [0.717, 1.165) is 5.01 Å². The van der Waals surface area contributed by atoms with Crippen LogP contribution in [0.15, 0.2) is 82.8 Å². The van der Waals surface area contributed by atoms with Crippen molar-refractivity contribution in [2.75, 3.05) is 24.4 Å². The third-order valence-electron chi connectivity index (χ3n) is 7.68. The van der Waals surface area contributed by atoms with Crippen LogP contribution in [0.3, 0.4) is 0 Å². The third kappa shape index (κ3) is 8.32. The second-order valence-electron chi connectivity index (χ2n) is 12.5. The average molecular weight is 734 g/mol. The Morgan fingerprint density at radius 2 is 1.57 bits per heavy atom. The van der Waals surface area contributed by atoms with Crippen molar-refractivity contribution in [3.05, 3.63) is 83.4 Å². The number of nitrogens with zero attached hydrogens (tertiary/aromatic N) is 3. The van der Waals surface area contributed by atoms with Gasteiger partial charge in [0.15, 0.2) is 9.84 Å². The van der Waals surface area contributed by atoms with Gasteiger partial charge in [-0.15, -0.1) is 0 Å². The van der Waals surface area contributed by atoms with E-state index in [2.05, 4.69) is 5.10 Å². The lowest BCUT2D eigenvalue weighted by molar-refractivity contribution is -0.338. The van der Waals surface area contributed by atoms with Crippen molar-refractivity contribution >= 4 is 38.9 Å². The number of hydrogen-bond donors (Lipinski definition) is 1. The number of sulfone groups is 1. The largest absolute Gasteiger partial charge is 0.444 e. The summed E-state index contributed by atoms with van der Waals surface area (Å²) in [7, 11) is -2.27. The van der Waals surface area contributed by atoms with Gasteiger partial charge in [0.25, 0.3) is 5.60 Å². The molecule has 0 radical (unpaired) electrons. The highest BCUT2D eigenvalue weighted by Gasteiger charge is 2.74. The molecule has 8 nitrogen and oxygen atoms in total. The van der Waals surface area contributed by atoms with Crippen molar-refractivity contribution in [3.8, 4) is 11.1 Å². The fourth-order valence-corrected chi connectivity index (χ4v) is 6.70. The number of anilines is 1. The second kappa shape index (κ2) is 13.8. The quantitative estimate of drug-likeness (QED) is 0.223. The fraction of sp³-hybridized carbons (Fsp3) is 0.394. The van der Waals surface area contributed by atoms with Gasteiger partial charge in [-0.3, -0.25) is 5.01 Å². The first-order chi connectivity index (χ1) is 22.5. The molecule has 0 saturated carbocycles. The van der Waals surface area contributed by atoms with Crippen molar-refractivity contribution in [3.63, 3.8) is 0 Å². The van der Waals surface area contributed by atoms with Gasteiger partial charge in [-0.05, 0) is 68.1 Å². The van der Waals surface area contributed by atoms with Crippen LogP contribution >= 0.6 is 11.6 Å². The van der Waals surface area contributed by atoms with Crippen LogP contribution in [-0.2, 0) is 14.6 Å². The Labute approximate surface area is 284 Å². The van der Waals surface area contributed by atoms with E-state index >= 15 is 0 Å². The molecule has 1 aliphatic rings. The molecule has 1 heterocycles. The smallest absolute Gasteiger partial charge is 0.431 e. The number of para-hydroxylation sites is 1. The first-order valence-electron chi connectivity index (χ1n) is 14.9. The Morgan fingerprint density at radius 1 is 0.959 bits per heavy atom. The molecule has 0 aromatic heterocycles. The molecule has 49 heavy (non-hydrogen) atoms. The van der Waals surface area contributed by atoms with E-state index in [1.54, 1.807) is 39.0 Å². The van der Waals surface area contributed by atoms with Crippen molar-refractivity contribution in [1.82, 2.24) is 4.90 Å². The molecular weight excluding hydrogens is 700 g/mol. The highest BCUT2D eigenvalue weighted by atomic mass is 35.5. The van der Waals surface area contributed by atoms with Crippen LogP contribution in [0.2, 0.25) is 5.02 Å². The standard InChI is InChI=1S/C33H34ClF6N3O5S/c1-30(2,3)48-29(44)42(4)17-8-18-49(46,47)24-10-7-9-23(19-24)21-13-15-22(16-14-21)27-20-28(31(45,32(35,36)37)33(38,39)40)41-43(27)26-12-6-5-11-25(26)34/h5-7,9-16,19,27,45H,8,17-18,20H2,1-4H3. The molecule has 266 valence electrons. The number of halogens is 7. The number of carbonyl (C=O) groups excluding carboxylic acids is 1. The zero-order chi connectivity index (χ0) is 36.6. The lowest BCUT2D eigenvalue weighted by Gasteiger charge is -2.32. The maximum absolute atomic E-state index is 13.8. The van der Waals surface area contributed by atoms with Gasteiger partial charge in [0.1, 0.15) is 5.60 Å². The van der Waals surface area contributed by atoms with Gasteiger partial charge in [-0.1, -0.05) is 60.1 Å². The Hall–Kier alpha value is -3.82. The lowest BCUT2D eigenvalue weighted by Crippen LogP contribution is -2.62. The van der Waals surface area contributed by atoms with Gasteiger partial charge in [0, 0.05) is 20.0 Å². The molecule has 0 aliphatic carbocycles. The summed E-state index contributed by atoms with van der Waals surface area (Å²) < 4.78 is 114. The van der Waals surface area contributed by atoms with Crippen LogP contribution in [0.5, 0.6) is 0 Å². The van der Waals surface area contributed by atoms with Crippen LogP contribution in [0.1, 0.15) is 45.2 Å². The lowest BCUT2D eigenvalue weighted by atomic mass is 9.89. The van der Waals surface area contributed by atoms with E-state index in [1.165, 1.54) is 66.5 Å². The number of carbonyl (C=O) groups is 1. The van der Waals surface area contributed by atoms with Gasteiger partial charge < -0.3 is 14.7 Å². The van der Waals surface area contributed by atoms with Gasteiger partial charge >= 0.3 is 18.4 Å². The first-order valence-corrected chi connectivity index (χ1v) is 16.9. The summed E-state index contributed by atoms with van der Waals surface area (Å²) in [4.78, 5) is 13.5. The molecule has 1 atom stereocenters. The van der Waals surface area contributed by atoms with Crippen LogP contribution in [0.4, 0.5) is 36.8 Å². The Kier molecular flexibility index (Phi) is 10.7. The molecule has 1 unspecified atom stereocenters. The summed E-state index contributed by atoms with van der Waals surface area (Å²) in [6.07, 6.45) is -13.6. The van der Waals surface area contributed by atoms with E-state index in [-0.39, 0.29) is 39.9 Å². The predicted molar refractivity (Wildman–Crippen MR) is 173 cm³/mol. The fourth-order valence-electron chi connectivity index (χ4n) is 5.14. The van der Waals surface area contributed by atoms with Gasteiger partial charge in [0.2, 0.25) is 0 Å². The summed E-state index contributed by atoms with van der Waals surface area (Å²) in [5.74, 6) is -0.257. The van der Waals surface area contributed by atoms with E-state index < -0.39 is 57.7 Å². The van der Waals surface area contributed by atoms with E-state index in [4.69, 9.17) is 16.3 Å². The molecule has 1 amide bonds. The molecule has 1 aliphatic heterocycles. The normalized spacial score (nSPS) is 16.0. The van der Waals surface area contributed by atoms with Gasteiger partial charge in [-0.2, -0.15) is 31.4 Å².